The largest absolute Gasteiger partial charge is 0.479 e. The van der Waals surface area contributed by atoms with Crippen LogP contribution in [0, 0.1) is 0 Å². The van der Waals surface area contributed by atoms with Crippen molar-refractivity contribution >= 4 is 5.97 Å². The van der Waals surface area contributed by atoms with Gasteiger partial charge in [0.05, 0.1) is 12.6 Å². The van der Waals surface area contributed by atoms with Crippen molar-refractivity contribution in [3.63, 3.8) is 0 Å². The maximum atomic E-state index is 11.4. The normalized spacial score (nSPS) is 29.1. The van der Waals surface area contributed by atoms with Crippen LogP contribution in [-0.4, -0.2) is 41.3 Å². The molecule has 1 saturated carbocycles. The fourth-order valence-corrected chi connectivity index (χ4v) is 2.73. The van der Waals surface area contributed by atoms with Crippen LogP contribution in [0.2, 0.25) is 0 Å². The van der Waals surface area contributed by atoms with Gasteiger partial charge in [0.25, 0.3) is 0 Å². The van der Waals surface area contributed by atoms with Crippen LogP contribution in [0.25, 0.3) is 0 Å². The highest BCUT2D eigenvalue weighted by molar-refractivity contribution is 5.74. The minimum atomic E-state index is -0.866. The summed E-state index contributed by atoms with van der Waals surface area (Å²) in [7, 11) is 0. The fourth-order valence-electron chi connectivity index (χ4n) is 2.73. The smallest absolute Gasteiger partial charge is 0.334 e. The van der Waals surface area contributed by atoms with Gasteiger partial charge in [-0.05, 0) is 18.4 Å². The lowest BCUT2D eigenvalue weighted by Crippen LogP contribution is -2.49. The lowest BCUT2D eigenvalue weighted by atomic mass is 9.98. The molecule has 0 radical (unpaired) electrons. The van der Waals surface area contributed by atoms with E-state index in [1.54, 1.807) is 0 Å². The molecule has 0 spiro atoms. The molecule has 1 aromatic carbocycles. The van der Waals surface area contributed by atoms with E-state index in [1.807, 2.05) is 30.3 Å². The number of benzene rings is 1. The summed E-state index contributed by atoms with van der Waals surface area (Å²) in [5, 5.41) is 9.34. The average molecular weight is 247 g/mol. The van der Waals surface area contributed by atoms with Gasteiger partial charge in [-0.1, -0.05) is 30.3 Å². The zero-order valence-electron chi connectivity index (χ0n) is 10.2. The van der Waals surface area contributed by atoms with E-state index in [9.17, 15) is 9.90 Å². The molecular weight excluding hydrogens is 230 g/mol. The van der Waals surface area contributed by atoms with Crippen LogP contribution in [0.1, 0.15) is 24.4 Å². The highest BCUT2D eigenvalue weighted by Crippen LogP contribution is 2.38. The predicted molar refractivity (Wildman–Crippen MR) is 66.3 cm³/mol. The summed E-state index contributed by atoms with van der Waals surface area (Å²) in [5.74, 6) is -0.866. The van der Waals surface area contributed by atoms with Crippen LogP contribution in [0.5, 0.6) is 0 Å². The van der Waals surface area contributed by atoms with Crippen LogP contribution >= 0.6 is 0 Å². The van der Waals surface area contributed by atoms with E-state index in [4.69, 9.17) is 4.74 Å². The van der Waals surface area contributed by atoms with E-state index in [-0.39, 0.29) is 6.04 Å². The van der Waals surface area contributed by atoms with Crippen molar-refractivity contribution in [3.8, 4) is 0 Å². The summed E-state index contributed by atoms with van der Waals surface area (Å²) in [6.45, 7) is 1.34. The van der Waals surface area contributed by atoms with Gasteiger partial charge in [0, 0.05) is 12.6 Å². The number of carboxylic acid groups (broad SMARTS) is 1. The van der Waals surface area contributed by atoms with Gasteiger partial charge in [0.2, 0.25) is 0 Å². The molecule has 1 aliphatic heterocycles. The number of hydrogen-bond acceptors (Lipinski definition) is 3. The van der Waals surface area contributed by atoms with Crippen molar-refractivity contribution < 1.29 is 14.6 Å². The maximum Gasteiger partial charge on any atom is 0.334 e. The van der Waals surface area contributed by atoms with Crippen LogP contribution in [0.4, 0.5) is 0 Å². The fraction of sp³-hybridized carbons (Fsp3) is 0.500. The Morgan fingerprint density at radius 2 is 2.00 bits per heavy atom. The van der Waals surface area contributed by atoms with Gasteiger partial charge >= 0.3 is 5.97 Å². The van der Waals surface area contributed by atoms with Crippen LogP contribution in [0.15, 0.2) is 30.3 Å². The lowest BCUT2D eigenvalue weighted by Gasteiger charge is -2.39. The van der Waals surface area contributed by atoms with Crippen molar-refractivity contribution in [2.75, 3.05) is 13.2 Å². The molecule has 96 valence electrons. The van der Waals surface area contributed by atoms with E-state index >= 15 is 0 Å². The van der Waals surface area contributed by atoms with Gasteiger partial charge < -0.3 is 9.84 Å². The second-order valence-corrected chi connectivity index (χ2v) is 4.95. The molecule has 3 rings (SSSR count). The third kappa shape index (κ3) is 2.13. The van der Waals surface area contributed by atoms with Crippen LogP contribution < -0.4 is 0 Å². The Morgan fingerprint density at radius 1 is 1.28 bits per heavy atom. The summed E-state index contributed by atoms with van der Waals surface area (Å²) in [6, 6.07) is 10.2. The first-order chi connectivity index (χ1) is 8.77. The van der Waals surface area contributed by atoms with E-state index in [2.05, 4.69) is 4.90 Å². The first-order valence-corrected chi connectivity index (χ1v) is 6.42. The topological polar surface area (TPSA) is 49.8 Å². The van der Waals surface area contributed by atoms with Gasteiger partial charge in [-0.25, -0.2) is 4.79 Å². The molecule has 4 nitrogen and oxygen atoms in total. The minimum absolute atomic E-state index is 0.148. The highest BCUT2D eigenvalue weighted by atomic mass is 16.5. The zero-order valence-corrected chi connectivity index (χ0v) is 10.2. The highest BCUT2D eigenvalue weighted by Gasteiger charge is 2.43. The molecule has 18 heavy (non-hydrogen) atoms. The molecule has 1 saturated heterocycles. The number of rotatable bonds is 3. The van der Waals surface area contributed by atoms with Crippen LogP contribution in [0.3, 0.4) is 0 Å². The van der Waals surface area contributed by atoms with Gasteiger partial charge in [0.15, 0.2) is 6.10 Å². The Morgan fingerprint density at radius 3 is 2.61 bits per heavy atom. The Bertz CT molecular complexity index is 430. The van der Waals surface area contributed by atoms with Crippen molar-refractivity contribution in [1.29, 1.82) is 0 Å². The molecule has 1 heterocycles. The molecule has 0 amide bonds. The Hall–Kier alpha value is -1.39. The van der Waals surface area contributed by atoms with Crippen molar-refractivity contribution in [2.45, 2.75) is 31.0 Å². The van der Waals surface area contributed by atoms with Crippen LogP contribution in [-0.2, 0) is 9.53 Å². The summed E-state index contributed by atoms with van der Waals surface area (Å²) in [5.41, 5.74) is 1.04. The Balaban J connectivity index is 1.93. The number of ether oxygens (including phenoxy) is 1. The maximum absolute atomic E-state index is 11.4. The molecule has 4 heteroatoms. The number of morpholine rings is 1. The minimum Gasteiger partial charge on any atom is -0.479 e. The second kappa shape index (κ2) is 4.71. The summed E-state index contributed by atoms with van der Waals surface area (Å²) in [4.78, 5) is 13.7. The van der Waals surface area contributed by atoms with Crippen molar-refractivity contribution in [1.82, 2.24) is 4.90 Å². The van der Waals surface area contributed by atoms with Gasteiger partial charge in [-0.15, -0.1) is 0 Å². The second-order valence-electron chi connectivity index (χ2n) is 4.95. The number of carbonyl (C=O) groups is 1. The third-order valence-corrected chi connectivity index (χ3v) is 3.69. The lowest BCUT2D eigenvalue weighted by molar-refractivity contribution is -0.163. The average Bonchev–Trinajstić information content (AvgIpc) is 3.23. The standard InChI is InChI=1S/C14H17NO3/c16-14(17)13-12(10-4-2-1-3-5-10)15(8-9-18-13)11-6-7-11/h1-5,11-13H,6-9H2,(H,16,17). The summed E-state index contributed by atoms with van der Waals surface area (Å²) >= 11 is 0. The monoisotopic (exact) mass is 247 g/mol. The molecule has 1 aromatic rings. The number of nitrogens with zero attached hydrogens (tertiary/aromatic N) is 1. The van der Waals surface area contributed by atoms with E-state index in [0.717, 1.165) is 12.1 Å². The Labute approximate surface area is 106 Å². The number of carboxylic acids is 1. The van der Waals surface area contributed by atoms with Gasteiger partial charge in [0.1, 0.15) is 0 Å². The number of hydrogen-bond donors (Lipinski definition) is 1. The quantitative estimate of drug-likeness (QED) is 0.882. The molecule has 0 bridgehead atoms. The van der Waals surface area contributed by atoms with Crippen molar-refractivity contribution in [2.24, 2.45) is 0 Å². The molecule has 2 atom stereocenters. The van der Waals surface area contributed by atoms with E-state index < -0.39 is 12.1 Å². The molecular formula is C14H17NO3. The van der Waals surface area contributed by atoms with Gasteiger partial charge in [-0.2, -0.15) is 0 Å². The first-order valence-electron chi connectivity index (χ1n) is 6.42. The van der Waals surface area contributed by atoms with Crippen molar-refractivity contribution in [3.05, 3.63) is 35.9 Å². The summed E-state index contributed by atoms with van der Waals surface area (Å²) in [6.07, 6.45) is 1.60. The zero-order chi connectivity index (χ0) is 12.5. The number of aliphatic carboxylic acids is 1. The molecule has 2 unspecified atom stereocenters. The summed E-state index contributed by atoms with van der Waals surface area (Å²) < 4.78 is 5.47. The molecule has 2 aliphatic rings. The van der Waals surface area contributed by atoms with E-state index in [0.29, 0.717) is 12.6 Å². The molecule has 0 aromatic heterocycles. The first kappa shape index (κ1) is 11.7. The molecule has 1 N–H and O–H groups in total. The predicted octanol–water partition coefficient (Wildman–Crippen LogP) is 1.68. The van der Waals surface area contributed by atoms with Gasteiger partial charge in [-0.3, -0.25) is 4.90 Å². The van der Waals surface area contributed by atoms with E-state index in [1.165, 1.54) is 12.8 Å². The third-order valence-electron chi connectivity index (χ3n) is 3.69. The SMILES string of the molecule is O=C(O)C1OCCN(C2CC2)C1c1ccccc1. The molecule has 2 fully saturated rings. The Kier molecular flexibility index (Phi) is 3.06. The molecule has 1 aliphatic carbocycles.